The van der Waals surface area contributed by atoms with Crippen molar-refractivity contribution in [3.8, 4) is 5.75 Å². The van der Waals surface area contributed by atoms with Crippen LogP contribution in [0.1, 0.15) is 31.0 Å². The summed E-state index contributed by atoms with van der Waals surface area (Å²) in [6, 6.07) is 7.24. The molecule has 1 aromatic carbocycles. The maximum absolute atomic E-state index is 6.12. The number of halogens is 1. The van der Waals surface area contributed by atoms with E-state index in [9.17, 15) is 0 Å². The topological polar surface area (TPSA) is 74.2 Å². The number of nitrogens with two attached hydrogens (primary N) is 1. The van der Waals surface area contributed by atoms with Gasteiger partial charge in [-0.2, -0.15) is 4.98 Å². The fourth-order valence-electron chi connectivity index (χ4n) is 2.00. The van der Waals surface area contributed by atoms with Gasteiger partial charge in [-0.1, -0.05) is 28.9 Å². The van der Waals surface area contributed by atoms with Crippen LogP contribution in [0, 0.1) is 0 Å². The van der Waals surface area contributed by atoms with Crippen molar-refractivity contribution in [1.29, 1.82) is 0 Å². The minimum absolute atomic E-state index is 0.187. The van der Waals surface area contributed by atoms with Crippen LogP contribution in [0.5, 0.6) is 5.75 Å². The van der Waals surface area contributed by atoms with Crippen molar-refractivity contribution in [2.24, 2.45) is 5.73 Å². The van der Waals surface area contributed by atoms with Crippen molar-refractivity contribution >= 4 is 11.6 Å². The molecule has 6 heteroatoms. The Morgan fingerprint density at radius 1 is 1.37 bits per heavy atom. The summed E-state index contributed by atoms with van der Waals surface area (Å²) in [7, 11) is 0. The zero-order valence-electron chi connectivity index (χ0n) is 10.3. The first-order valence-electron chi connectivity index (χ1n) is 6.17. The summed E-state index contributed by atoms with van der Waals surface area (Å²) >= 11 is 5.99. The second-order valence-electron chi connectivity index (χ2n) is 4.74. The zero-order chi connectivity index (χ0) is 13.3. The predicted octanol–water partition coefficient (Wildman–Crippen LogP) is 2.64. The van der Waals surface area contributed by atoms with Gasteiger partial charge in [-0.05, 0) is 31.4 Å². The third kappa shape index (κ3) is 2.43. The first-order chi connectivity index (χ1) is 9.17. The molecule has 1 heterocycles. The third-order valence-electron chi connectivity index (χ3n) is 3.35. The Morgan fingerprint density at radius 2 is 2.16 bits per heavy atom. The fraction of sp³-hybridized carbons (Fsp3) is 0.385. The van der Waals surface area contributed by atoms with Crippen molar-refractivity contribution in [1.82, 2.24) is 10.1 Å². The van der Waals surface area contributed by atoms with E-state index < -0.39 is 5.54 Å². The standard InChI is InChI=1S/C13H14ClN3O2/c14-9-4-1-2-5-10(9)18-8-11-16-12(17-19-11)13(15)6-3-7-13/h1-2,4-5H,3,6-8,15H2. The molecule has 1 aliphatic carbocycles. The second kappa shape index (κ2) is 4.83. The minimum atomic E-state index is -0.411. The smallest absolute Gasteiger partial charge is 0.264 e. The van der Waals surface area contributed by atoms with E-state index in [0.717, 1.165) is 19.3 Å². The molecule has 0 amide bonds. The van der Waals surface area contributed by atoms with Gasteiger partial charge in [-0.15, -0.1) is 0 Å². The number of hydrogen-bond donors (Lipinski definition) is 1. The first-order valence-corrected chi connectivity index (χ1v) is 6.54. The van der Waals surface area contributed by atoms with Gasteiger partial charge in [0.2, 0.25) is 0 Å². The molecule has 1 aromatic heterocycles. The number of rotatable bonds is 4. The Kier molecular flexibility index (Phi) is 3.16. The number of aromatic nitrogens is 2. The summed E-state index contributed by atoms with van der Waals surface area (Å²) in [5, 5.41) is 4.47. The van der Waals surface area contributed by atoms with Crippen molar-refractivity contribution in [3.63, 3.8) is 0 Å². The van der Waals surface area contributed by atoms with E-state index in [0.29, 0.717) is 22.5 Å². The molecule has 1 fully saturated rings. The highest BCUT2D eigenvalue weighted by Gasteiger charge is 2.38. The van der Waals surface area contributed by atoms with Gasteiger partial charge in [0.15, 0.2) is 12.4 Å². The summed E-state index contributed by atoms with van der Waals surface area (Å²) in [6.07, 6.45) is 2.91. The maximum Gasteiger partial charge on any atom is 0.264 e. The Labute approximate surface area is 115 Å². The zero-order valence-corrected chi connectivity index (χ0v) is 11.1. The maximum atomic E-state index is 6.12. The molecule has 100 valence electrons. The molecule has 3 rings (SSSR count). The number of benzene rings is 1. The molecule has 0 atom stereocenters. The molecule has 1 aliphatic rings. The van der Waals surface area contributed by atoms with Crippen LogP contribution in [0.4, 0.5) is 0 Å². The number of ether oxygens (including phenoxy) is 1. The fourth-order valence-corrected chi connectivity index (χ4v) is 2.19. The van der Waals surface area contributed by atoms with E-state index in [1.807, 2.05) is 12.1 Å². The molecule has 0 unspecified atom stereocenters. The van der Waals surface area contributed by atoms with Crippen LogP contribution >= 0.6 is 11.6 Å². The normalized spacial score (nSPS) is 16.9. The Hall–Kier alpha value is -1.59. The highest BCUT2D eigenvalue weighted by Crippen LogP contribution is 2.36. The lowest BCUT2D eigenvalue weighted by atomic mass is 9.77. The summed E-state index contributed by atoms with van der Waals surface area (Å²) in [6.45, 7) is 0.187. The van der Waals surface area contributed by atoms with Gasteiger partial charge in [0.25, 0.3) is 5.89 Å². The van der Waals surface area contributed by atoms with E-state index in [2.05, 4.69) is 10.1 Å². The molecule has 2 aromatic rings. The lowest BCUT2D eigenvalue weighted by Crippen LogP contribution is -2.44. The molecule has 19 heavy (non-hydrogen) atoms. The van der Waals surface area contributed by atoms with Crippen LogP contribution in [0.3, 0.4) is 0 Å². The van der Waals surface area contributed by atoms with Crippen LogP contribution in [0.2, 0.25) is 5.02 Å². The summed E-state index contributed by atoms with van der Waals surface area (Å²) in [5.74, 6) is 1.57. The van der Waals surface area contributed by atoms with Crippen LogP contribution in [0.15, 0.2) is 28.8 Å². The molecule has 0 bridgehead atoms. The van der Waals surface area contributed by atoms with Crippen LogP contribution in [-0.4, -0.2) is 10.1 Å². The van der Waals surface area contributed by atoms with Gasteiger partial charge in [0, 0.05) is 0 Å². The number of hydrogen-bond acceptors (Lipinski definition) is 5. The highest BCUT2D eigenvalue weighted by molar-refractivity contribution is 6.32. The average Bonchev–Trinajstić information content (AvgIpc) is 2.84. The molecule has 2 N–H and O–H groups in total. The first kappa shape index (κ1) is 12.4. The lowest BCUT2D eigenvalue weighted by molar-refractivity contribution is 0.223. The van der Waals surface area contributed by atoms with Crippen LogP contribution < -0.4 is 10.5 Å². The molecule has 0 spiro atoms. The van der Waals surface area contributed by atoms with E-state index in [1.165, 1.54) is 0 Å². The molecule has 0 aliphatic heterocycles. The highest BCUT2D eigenvalue weighted by atomic mass is 35.5. The Bertz CT molecular complexity index is 581. The minimum Gasteiger partial charge on any atom is -0.482 e. The van der Waals surface area contributed by atoms with E-state index in [4.69, 9.17) is 26.6 Å². The number of para-hydroxylation sites is 1. The van der Waals surface area contributed by atoms with Gasteiger partial charge in [0.1, 0.15) is 5.75 Å². The van der Waals surface area contributed by atoms with Gasteiger partial charge in [-0.25, -0.2) is 0 Å². The lowest BCUT2D eigenvalue weighted by Gasteiger charge is -2.34. The average molecular weight is 280 g/mol. The Morgan fingerprint density at radius 3 is 2.84 bits per heavy atom. The summed E-state index contributed by atoms with van der Waals surface area (Å²) in [4.78, 5) is 4.28. The molecule has 5 nitrogen and oxygen atoms in total. The second-order valence-corrected chi connectivity index (χ2v) is 5.15. The van der Waals surface area contributed by atoms with E-state index >= 15 is 0 Å². The van der Waals surface area contributed by atoms with Crippen LogP contribution in [0.25, 0.3) is 0 Å². The van der Waals surface area contributed by atoms with Crippen molar-refractivity contribution in [2.45, 2.75) is 31.4 Å². The van der Waals surface area contributed by atoms with Gasteiger partial charge in [-0.3, -0.25) is 0 Å². The van der Waals surface area contributed by atoms with Gasteiger partial charge in [0.05, 0.1) is 10.6 Å². The van der Waals surface area contributed by atoms with Crippen molar-refractivity contribution in [3.05, 3.63) is 41.0 Å². The molecule has 0 saturated heterocycles. The van der Waals surface area contributed by atoms with Gasteiger partial charge >= 0.3 is 0 Å². The number of nitrogens with zero attached hydrogens (tertiary/aromatic N) is 2. The largest absolute Gasteiger partial charge is 0.482 e. The quantitative estimate of drug-likeness (QED) is 0.931. The molecular weight excluding hydrogens is 266 g/mol. The summed E-state index contributed by atoms with van der Waals surface area (Å²) in [5.41, 5.74) is 5.71. The predicted molar refractivity (Wildman–Crippen MR) is 69.8 cm³/mol. The van der Waals surface area contributed by atoms with Crippen molar-refractivity contribution in [2.75, 3.05) is 0 Å². The molecular formula is C13H14ClN3O2. The molecule has 0 radical (unpaired) electrons. The molecule has 1 saturated carbocycles. The monoisotopic (exact) mass is 279 g/mol. The summed E-state index contributed by atoms with van der Waals surface area (Å²) < 4.78 is 10.7. The SMILES string of the molecule is NC1(c2noc(COc3ccccc3Cl)n2)CCC1. The van der Waals surface area contributed by atoms with Crippen LogP contribution in [-0.2, 0) is 12.1 Å². The van der Waals surface area contributed by atoms with Gasteiger partial charge < -0.3 is 15.0 Å². The Balaban J connectivity index is 1.66. The van der Waals surface area contributed by atoms with Crippen molar-refractivity contribution < 1.29 is 9.26 Å². The van der Waals surface area contributed by atoms with E-state index in [-0.39, 0.29) is 6.61 Å². The third-order valence-corrected chi connectivity index (χ3v) is 3.66. The van der Waals surface area contributed by atoms with E-state index in [1.54, 1.807) is 12.1 Å².